The smallest absolute Gasteiger partial charge is 0.411 e. The number of carbonyl (C=O) groups is 2. The van der Waals surface area contributed by atoms with Gasteiger partial charge in [-0.3, -0.25) is 10.1 Å². The summed E-state index contributed by atoms with van der Waals surface area (Å²) >= 11 is 0. The second kappa shape index (κ2) is 8.54. The highest BCUT2D eigenvalue weighted by Gasteiger charge is 2.17. The van der Waals surface area contributed by atoms with Crippen molar-refractivity contribution >= 4 is 23.4 Å². The molecule has 2 aromatic rings. The number of amides is 2. The van der Waals surface area contributed by atoms with Gasteiger partial charge in [-0.05, 0) is 31.0 Å². The van der Waals surface area contributed by atoms with Gasteiger partial charge in [0.05, 0.1) is 25.0 Å². The monoisotopic (exact) mass is 372 g/mol. The molecule has 0 saturated carbocycles. The summed E-state index contributed by atoms with van der Waals surface area (Å²) in [6, 6.07) is 5.02. The maximum Gasteiger partial charge on any atom is 0.411 e. The van der Waals surface area contributed by atoms with Gasteiger partial charge in [-0.1, -0.05) is 0 Å². The Morgan fingerprint density at radius 1 is 1.30 bits per heavy atom. The van der Waals surface area contributed by atoms with E-state index >= 15 is 0 Å². The number of hydrogen-bond donors (Lipinski definition) is 5. The molecule has 2 bridgehead atoms. The topological polar surface area (TPSA) is 134 Å². The Balaban J connectivity index is 1.92. The summed E-state index contributed by atoms with van der Waals surface area (Å²) in [7, 11) is 1.32. The van der Waals surface area contributed by atoms with Gasteiger partial charge < -0.3 is 26.1 Å². The quantitative estimate of drug-likeness (QED) is 0.519. The minimum Gasteiger partial charge on any atom is -0.453 e. The molecule has 1 atom stereocenters. The van der Waals surface area contributed by atoms with Crippen molar-refractivity contribution in [1.29, 1.82) is 0 Å². The molecule has 9 heteroatoms. The van der Waals surface area contributed by atoms with Gasteiger partial charge in [0.1, 0.15) is 5.82 Å². The van der Waals surface area contributed by atoms with Crippen molar-refractivity contribution in [3.05, 3.63) is 30.2 Å². The summed E-state index contributed by atoms with van der Waals surface area (Å²) < 4.78 is 4.64. The van der Waals surface area contributed by atoms with E-state index in [-0.39, 0.29) is 12.3 Å². The summed E-state index contributed by atoms with van der Waals surface area (Å²) in [5.74, 6) is 0.476. The fourth-order valence-electron chi connectivity index (χ4n) is 2.90. The van der Waals surface area contributed by atoms with Crippen LogP contribution in [0.2, 0.25) is 0 Å². The van der Waals surface area contributed by atoms with E-state index in [9.17, 15) is 9.59 Å². The number of aromatic amines is 1. The Morgan fingerprint density at radius 2 is 2.07 bits per heavy atom. The fourth-order valence-corrected chi connectivity index (χ4v) is 2.90. The molecule has 0 unspecified atom stereocenters. The largest absolute Gasteiger partial charge is 0.453 e. The highest BCUT2D eigenvalue weighted by atomic mass is 16.5. The van der Waals surface area contributed by atoms with Gasteiger partial charge >= 0.3 is 6.09 Å². The third kappa shape index (κ3) is 4.76. The van der Waals surface area contributed by atoms with Crippen LogP contribution < -0.4 is 21.7 Å². The first-order valence-electron chi connectivity index (χ1n) is 8.87. The molecule has 6 N–H and O–H groups in total. The number of nitrogens with two attached hydrogens (primary N) is 1. The van der Waals surface area contributed by atoms with Crippen LogP contribution in [0, 0.1) is 0 Å². The zero-order valence-electron chi connectivity index (χ0n) is 15.2. The predicted molar refractivity (Wildman–Crippen MR) is 102 cm³/mol. The summed E-state index contributed by atoms with van der Waals surface area (Å²) in [5.41, 5.74) is 9.27. The van der Waals surface area contributed by atoms with E-state index in [1.165, 1.54) is 7.11 Å². The zero-order valence-corrected chi connectivity index (χ0v) is 15.2. The van der Waals surface area contributed by atoms with E-state index in [2.05, 4.69) is 30.7 Å². The molecular formula is C18H24N6O3. The molecule has 27 heavy (non-hydrogen) atoms. The van der Waals surface area contributed by atoms with Crippen LogP contribution in [-0.4, -0.2) is 42.2 Å². The third-order valence-corrected chi connectivity index (χ3v) is 4.33. The lowest BCUT2D eigenvalue weighted by Crippen LogP contribution is -2.29. The molecule has 0 spiro atoms. The second-order valence-corrected chi connectivity index (χ2v) is 6.35. The van der Waals surface area contributed by atoms with E-state index in [4.69, 9.17) is 5.73 Å². The van der Waals surface area contributed by atoms with Crippen LogP contribution in [-0.2, 0) is 9.53 Å². The number of rotatable bonds is 1. The Morgan fingerprint density at radius 3 is 2.85 bits per heavy atom. The molecule has 0 aliphatic carbocycles. The van der Waals surface area contributed by atoms with E-state index in [1.807, 2.05) is 12.1 Å². The number of nitrogens with one attached hydrogen (secondary N) is 4. The summed E-state index contributed by atoms with van der Waals surface area (Å²) in [5, 5.41) is 8.92. The zero-order chi connectivity index (χ0) is 19.2. The van der Waals surface area contributed by atoms with Crippen LogP contribution in [0.15, 0.2) is 24.4 Å². The van der Waals surface area contributed by atoms with E-state index < -0.39 is 12.1 Å². The number of carbonyl (C=O) groups excluding carboxylic acids is 2. The minimum absolute atomic E-state index is 0.0793. The van der Waals surface area contributed by atoms with Gasteiger partial charge in [0.2, 0.25) is 5.91 Å². The van der Waals surface area contributed by atoms with Crippen LogP contribution >= 0.6 is 0 Å². The van der Waals surface area contributed by atoms with Gasteiger partial charge in [0.25, 0.3) is 0 Å². The van der Waals surface area contributed by atoms with Crippen molar-refractivity contribution in [1.82, 2.24) is 15.3 Å². The Labute approximate surface area is 157 Å². The van der Waals surface area contributed by atoms with Crippen molar-refractivity contribution in [2.24, 2.45) is 5.73 Å². The number of aromatic nitrogens is 2. The molecule has 0 fully saturated rings. The number of benzene rings is 1. The Hall–Kier alpha value is -3.07. The molecule has 1 aliphatic rings. The summed E-state index contributed by atoms with van der Waals surface area (Å²) in [6.07, 6.45) is 3.09. The maximum absolute atomic E-state index is 11.9. The Kier molecular flexibility index (Phi) is 5.92. The van der Waals surface area contributed by atoms with Gasteiger partial charge in [-0.2, -0.15) is 0 Å². The highest BCUT2D eigenvalue weighted by molar-refractivity contribution is 5.88. The van der Waals surface area contributed by atoms with Gasteiger partial charge in [-0.25, -0.2) is 9.78 Å². The van der Waals surface area contributed by atoms with Crippen LogP contribution in [0.3, 0.4) is 0 Å². The first-order chi connectivity index (χ1) is 13.1. The lowest BCUT2D eigenvalue weighted by Gasteiger charge is -2.15. The number of methoxy groups -OCH3 is 1. The number of nitrogens with zero attached hydrogens (tertiary/aromatic N) is 1. The molecule has 1 aromatic carbocycles. The highest BCUT2D eigenvalue weighted by Crippen LogP contribution is 2.30. The molecule has 9 nitrogen and oxygen atoms in total. The minimum atomic E-state index is -0.526. The molecule has 1 aromatic heterocycles. The lowest BCUT2D eigenvalue weighted by atomic mass is 10.1. The number of imidazole rings is 1. The Bertz CT molecular complexity index is 819. The normalized spacial score (nSPS) is 17.7. The molecule has 3 rings (SSSR count). The van der Waals surface area contributed by atoms with Crippen LogP contribution in [0.1, 0.15) is 31.1 Å². The van der Waals surface area contributed by atoms with Gasteiger partial charge in [0.15, 0.2) is 0 Å². The number of fused-ring (bicyclic) bond motifs is 4. The third-order valence-electron chi connectivity index (χ3n) is 4.33. The molecule has 0 saturated heterocycles. The van der Waals surface area contributed by atoms with E-state index in [1.54, 1.807) is 12.3 Å². The number of ether oxygens (including phenoxy) is 1. The van der Waals surface area contributed by atoms with Gasteiger partial charge in [0, 0.05) is 36.4 Å². The SMILES string of the molecule is COC(=O)Nc1ccc2c(c1)NCCCCNC(=O)C[C@H](N)c1ncc-2[nH]1. The van der Waals surface area contributed by atoms with Gasteiger partial charge in [-0.15, -0.1) is 0 Å². The molecule has 144 valence electrons. The molecule has 2 amide bonds. The number of H-pyrrole nitrogens is 1. The second-order valence-electron chi connectivity index (χ2n) is 6.35. The van der Waals surface area contributed by atoms with E-state index in [0.717, 1.165) is 36.3 Å². The molecule has 1 aliphatic heterocycles. The standard InChI is InChI=1S/C18H24N6O3/c1-27-18(26)23-11-4-5-12-14(8-11)20-6-2-3-7-21-16(25)9-13(19)17-22-10-15(12)24-17/h4-5,8,10,13,20H,2-3,6-7,9,19H2,1H3,(H,21,25)(H,22,24)(H,23,26)/t13-/m0/s1. The lowest BCUT2D eigenvalue weighted by molar-refractivity contribution is -0.121. The predicted octanol–water partition coefficient (Wildman–Crippen LogP) is 1.97. The van der Waals surface area contributed by atoms with Crippen molar-refractivity contribution in [3.63, 3.8) is 0 Å². The van der Waals surface area contributed by atoms with Crippen molar-refractivity contribution in [2.75, 3.05) is 30.8 Å². The maximum atomic E-state index is 11.9. The molecule has 2 heterocycles. The van der Waals surface area contributed by atoms with Crippen molar-refractivity contribution < 1.29 is 14.3 Å². The molecular weight excluding hydrogens is 348 g/mol. The van der Waals surface area contributed by atoms with Crippen LogP contribution in [0.25, 0.3) is 11.3 Å². The average molecular weight is 372 g/mol. The first-order valence-corrected chi connectivity index (χ1v) is 8.87. The molecule has 0 radical (unpaired) electrons. The van der Waals surface area contributed by atoms with Crippen LogP contribution in [0.4, 0.5) is 16.2 Å². The number of anilines is 2. The van der Waals surface area contributed by atoms with E-state index in [0.29, 0.717) is 18.1 Å². The first kappa shape index (κ1) is 18.7. The van der Waals surface area contributed by atoms with Crippen molar-refractivity contribution in [2.45, 2.75) is 25.3 Å². The summed E-state index contributed by atoms with van der Waals surface area (Å²) in [6.45, 7) is 1.33. The number of hydrogen-bond acceptors (Lipinski definition) is 6. The fraction of sp³-hybridized carbons (Fsp3) is 0.389. The average Bonchev–Trinajstić information content (AvgIpc) is 3.14. The summed E-state index contributed by atoms with van der Waals surface area (Å²) in [4.78, 5) is 30.9. The van der Waals surface area contributed by atoms with Crippen LogP contribution in [0.5, 0.6) is 0 Å². The van der Waals surface area contributed by atoms with Crippen molar-refractivity contribution in [3.8, 4) is 11.3 Å².